The van der Waals surface area contributed by atoms with E-state index in [0.717, 1.165) is 31.1 Å². The van der Waals surface area contributed by atoms with Crippen LogP contribution in [0.4, 0.5) is 0 Å². The Balaban J connectivity index is 2.06. The molecule has 0 bridgehead atoms. The van der Waals surface area contributed by atoms with Crippen molar-refractivity contribution in [2.75, 3.05) is 0 Å². The van der Waals surface area contributed by atoms with Crippen molar-refractivity contribution in [3.63, 3.8) is 0 Å². The van der Waals surface area contributed by atoms with Gasteiger partial charge in [0.05, 0.1) is 12.2 Å². The molecule has 2 unspecified atom stereocenters. The summed E-state index contributed by atoms with van der Waals surface area (Å²) in [6.07, 6.45) is 14.7. The van der Waals surface area contributed by atoms with E-state index in [1.807, 2.05) is 6.92 Å². The minimum absolute atomic E-state index is 0.0817. The number of aliphatic hydroxyl groups is 1. The molecule has 122 valence electrons. The van der Waals surface area contributed by atoms with E-state index in [1.165, 1.54) is 57.8 Å². The van der Waals surface area contributed by atoms with Crippen LogP contribution in [0.5, 0.6) is 0 Å². The third-order valence-corrected chi connectivity index (χ3v) is 5.24. The molecule has 0 aromatic rings. The van der Waals surface area contributed by atoms with Crippen molar-refractivity contribution < 1.29 is 5.11 Å². The lowest BCUT2D eigenvalue weighted by atomic mass is 9.77. The van der Waals surface area contributed by atoms with Gasteiger partial charge in [0.1, 0.15) is 0 Å². The molecule has 0 heterocycles. The van der Waals surface area contributed by atoms with Gasteiger partial charge < -0.3 is 5.11 Å². The highest BCUT2D eigenvalue weighted by atomic mass is 16.3. The lowest BCUT2D eigenvalue weighted by molar-refractivity contribution is 0.131. The summed E-state index contributed by atoms with van der Waals surface area (Å²) >= 11 is 0. The van der Waals surface area contributed by atoms with Crippen molar-refractivity contribution in [3.05, 3.63) is 0 Å². The molecular weight excluding hydrogens is 258 g/mol. The first-order chi connectivity index (χ1) is 10.2. The number of nitriles is 1. The molecule has 1 saturated carbocycles. The van der Waals surface area contributed by atoms with Crippen LogP contribution in [0.3, 0.4) is 0 Å². The van der Waals surface area contributed by atoms with Gasteiger partial charge in [-0.2, -0.15) is 5.26 Å². The minimum atomic E-state index is -0.192. The number of unbranched alkanes of at least 4 members (excludes halogenated alkanes) is 2. The van der Waals surface area contributed by atoms with E-state index >= 15 is 0 Å². The topological polar surface area (TPSA) is 44.0 Å². The quantitative estimate of drug-likeness (QED) is 0.544. The highest BCUT2D eigenvalue weighted by molar-refractivity contribution is 4.79. The van der Waals surface area contributed by atoms with E-state index < -0.39 is 0 Å². The molecule has 21 heavy (non-hydrogen) atoms. The van der Waals surface area contributed by atoms with Crippen LogP contribution >= 0.6 is 0 Å². The van der Waals surface area contributed by atoms with Crippen LogP contribution in [0.1, 0.15) is 90.9 Å². The maximum Gasteiger partial charge on any atom is 0.0652 e. The van der Waals surface area contributed by atoms with Gasteiger partial charge in [-0.05, 0) is 44.4 Å². The first-order valence-electron chi connectivity index (χ1n) is 9.23. The summed E-state index contributed by atoms with van der Waals surface area (Å²) in [6.45, 7) is 4.21. The predicted molar refractivity (Wildman–Crippen MR) is 88.8 cm³/mol. The van der Waals surface area contributed by atoms with Crippen molar-refractivity contribution >= 4 is 0 Å². The summed E-state index contributed by atoms with van der Waals surface area (Å²) < 4.78 is 0. The maximum atomic E-state index is 10.0. The lowest BCUT2D eigenvalue weighted by Crippen LogP contribution is -2.17. The zero-order chi connectivity index (χ0) is 15.5. The monoisotopic (exact) mass is 293 g/mol. The van der Waals surface area contributed by atoms with E-state index in [1.54, 1.807) is 0 Å². The summed E-state index contributed by atoms with van der Waals surface area (Å²) in [5.74, 6) is 1.91. The van der Waals surface area contributed by atoms with Gasteiger partial charge in [-0.3, -0.25) is 0 Å². The Morgan fingerprint density at radius 3 is 2.19 bits per heavy atom. The normalized spacial score (nSPS) is 25.2. The fourth-order valence-electron chi connectivity index (χ4n) is 3.57. The number of rotatable bonds is 10. The van der Waals surface area contributed by atoms with Gasteiger partial charge in [-0.15, -0.1) is 0 Å². The lowest BCUT2D eigenvalue weighted by Gasteiger charge is -2.29. The summed E-state index contributed by atoms with van der Waals surface area (Å²) in [6, 6.07) is 2.24. The number of nitrogens with zero attached hydrogens (tertiary/aromatic N) is 1. The van der Waals surface area contributed by atoms with Gasteiger partial charge in [-0.25, -0.2) is 0 Å². The zero-order valence-corrected chi connectivity index (χ0v) is 14.2. The number of aliphatic hydroxyl groups excluding tert-OH is 1. The van der Waals surface area contributed by atoms with Gasteiger partial charge in [0.2, 0.25) is 0 Å². The molecule has 0 aromatic carbocycles. The van der Waals surface area contributed by atoms with Crippen molar-refractivity contribution in [1.29, 1.82) is 5.26 Å². The first-order valence-corrected chi connectivity index (χ1v) is 9.23. The summed E-state index contributed by atoms with van der Waals surface area (Å²) in [7, 11) is 0. The second-order valence-electron chi connectivity index (χ2n) is 7.22. The van der Waals surface area contributed by atoms with Crippen LogP contribution in [0, 0.1) is 29.1 Å². The Hall–Kier alpha value is -0.550. The van der Waals surface area contributed by atoms with Gasteiger partial charge in [0.15, 0.2) is 0 Å². The van der Waals surface area contributed by atoms with E-state index in [0.29, 0.717) is 0 Å². The van der Waals surface area contributed by atoms with Gasteiger partial charge in [0.25, 0.3) is 0 Å². The summed E-state index contributed by atoms with van der Waals surface area (Å²) in [5, 5.41) is 18.8. The molecule has 1 aliphatic carbocycles. The fraction of sp³-hybridized carbons (Fsp3) is 0.947. The second-order valence-corrected chi connectivity index (χ2v) is 7.22. The van der Waals surface area contributed by atoms with E-state index in [-0.39, 0.29) is 12.0 Å². The number of hydrogen-bond donors (Lipinski definition) is 1. The minimum Gasteiger partial charge on any atom is -0.393 e. The van der Waals surface area contributed by atoms with Crippen molar-refractivity contribution in [3.8, 4) is 6.07 Å². The molecule has 0 spiro atoms. The summed E-state index contributed by atoms with van der Waals surface area (Å²) in [4.78, 5) is 0. The molecule has 2 nitrogen and oxygen atoms in total. The van der Waals surface area contributed by atoms with Crippen molar-refractivity contribution in [1.82, 2.24) is 0 Å². The van der Waals surface area contributed by atoms with E-state index in [9.17, 15) is 5.11 Å². The molecular formula is C19H35NO. The molecule has 0 radical (unpaired) electrons. The molecule has 1 rings (SSSR count). The van der Waals surface area contributed by atoms with Crippen LogP contribution in [0.2, 0.25) is 0 Å². The molecule has 0 saturated heterocycles. The highest BCUT2D eigenvalue weighted by Crippen LogP contribution is 2.34. The van der Waals surface area contributed by atoms with Gasteiger partial charge in [0, 0.05) is 5.92 Å². The standard InChI is InChI=1S/C19H35NO/c1-3-4-5-6-17-8-10-18(11-9-17)12-14-19(21)13-7-16(2)15-20/h16-19,21H,3-14H2,1-2H3. The van der Waals surface area contributed by atoms with Gasteiger partial charge >= 0.3 is 0 Å². The SMILES string of the molecule is CCCCCC1CCC(CCC(O)CCC(C)C#N)CC1. The zero-order valence-electron chi connectivity index (χ0n) is 14.2. The Morgan fingerprint density at radius 2 is 1.62 bits per heavy atom. The Labute approximate surface area is 131 Å². The molecule has 0 aromatic heterocycles. The molecule has 1 fully saturated rings. The van der Waals surface area contributed by atoms with E-state index in [2.05, 4.69) is 13.0 Å². The van der Waals surface area contributed by atoms with Crippen LogP contribution < -0.4 is 0 Å². The highest BCUT2D eigenvalue weighted by Gasteiger charge is 2.21. The largest absolute Gasteiger partial charge is 0.393 e. The molecule has 1 N–H and O–H groups in total. The predicted octanol–water partition coefficient (Wildman–Crippen LogP) is 5.45. The Morgan fingerprint density at radius 1 is 1.00 bits per heavy atom. The van der Waals surface area contributed by atoms with Crippen LogP contribution in [0.15, 0.2) is 0 Å². The molecule has 0 amide bonds. The second kappa shape index (κ2) is 11.1. The van der Waals surface area contributed by atoms with Crippen molar-refractivity contribution in [2.24, 2.45) is 17.8 Å². The summed E-state index contributed by atoms with van der Waals surface area (Å²) in [5.41, 5.74) is 0. The Kier molecular flexibility index (Phi) is 9.76. The van der Waals surface area contributed by atoms with Gasteiger partial charge in [-0.1, -0.05) is 58.3 Å². The average Bonchev–Trinajstić information content (AvgIpc) is 2.52. The average molecular weight is 293 g/mol. The first kappa shape index (κ1) is 18.5. The van der Waals surface area contributed by atoms with E-state index in [4.69, 9.17) is 5.26 Å². The number of hydrogen-bond acceptors (Lipinski definition) is 2. The maximum absolute atomic E-state index is 10.0. The van der Waals surface area contributed by atoms with Crippen LogP contribution in [-0.2, 0) is 0 Å². The smallest absolute Gasteiger partial charge is 0.0652 e. The molecule has 0 aliphatic heterocycles. The third kappa shape index (κ3) is 8.47. The fourth-order valence-corrected chi connectivity index (χ4v) is 3.57. The molecule has 2 heteroatoms. The van der Waals surface area contributed by atoms with Crippen molar-refractivity contribution in [2.45, 2.75) is 97.0 Å². The van der Waals surface area contributed by atoms with Crippen LogP contribution in [-0.4, -0.2) is 11.2 Å². The van der Waals surface area contributed by atoms with Crippen LogP contribution in [0.25, 0.3) is 0 Å². The molecule has 1 aliphatic rings. The third-order valence-electron chi connectivity index (χ3n) is 5.24. The Bertz CT molecular complexity index is 288. The molecule has 2 atom stereocenters.